The maximum Gasteiger partial charge on any atom is 0.336 e. The Morgan fingerprint density at radius 1 is 1.28 bits per heavy atom. The number of anilines is 1. The zero-order valence-electron chi connectivity index (χ0n) is 10.0. The first-order chi connectivity index (χ1) is 8.65. The van der Waals surface area contributed by atoms with Gasteiger partial charge in [-0.2, -0.15) is 0 Å². The molecule has 2 saturated carbocycles. The third-order valence-corrected chi connectivity index (χ3v) is 4.45. The van der Waals surface area contributed by atoms with Crippen LogP contribution < -0.4 is 5.32 Å². The van der Waals surface area contributed by atoms with Crippen LogP contribution in [0.2, 0.25) is 0 Å². The Labute approximate surface area is 115 Å². The highest BCUT2D eigenvalue weighted by molar-refractivity contribution is 9.10. The van der Waals surface area contributed by atoms with Gasteiger partial charge in [0, 0.05) is 16.2 Å². The Balaban J connectivity index is 1.75. The number of benzene rings is 1. The number of halogens is 1. The van der Waals surface area contributed by atoms with Crippen molar-refractivity contribution in [2.24, 2.45) is 11.8 Å². The zero-order valence-corrected chi connectivity index (χ0v) is 11.6. The second-order valence-corrected chi connectivity index (χ2v) is 6.20. The maximum absolute atomic E-state index is 10.9. The predicted molar refractivity (Wildman–Crippen MR) is 74.0 cm³/mol. The summed E-state index contributed by atoms with van der Waals surface area (Å²) >= 11 is 3.32. The van der Waals surface area contributed by atoms with Crippen molar-refractivity contribution in [1.29, 1.82) is 0 Å². The molecule has 0 saturated heterocycles. The van der Waals surface area contributed by atoms with E-state index in [0.717, 1.165) is 17.5 Å². The van der Waals surface area contributed by atoms with Crippen molar-refractivity contribution in [2.45, 2.75) is 31.7 Å². The molecule has 1 aromatic carbocycles. The summed E-state index contributed by atoms with van der Waals surface area (Å²) in [6.45, 7) is 0. The normalized spacial score (nSPS) is 19.0. The standard InChI is InChI=1S/C14H16BrNO2/c15-12-7-10(5-6-11(12)14(17)18)16-13(8-1-2-8)9-3-4-9/h5-9,13,16H,1-4H2,(H,17,18). The molecular formula is C14H16BrNO2. The van der Waals surface area contributed by atoms with Gasteiger partial charge in [0.05, 0.1) is 5.56 Å². The molecule has 3 nitrogen and oxygen atoms in total. The van der Waals surface area contributed by atoms with Crippen LogP contribution in [-0.2, 0) is 0 Å². The molecule has 2 aliphatic rings. The second-order valence-electron chi connectivity index (χ2n) is 5.34. The highest BCUT2D eigenvalue weighted by Gasteiger charge is 2.41. The Hall–Kier alpha value is -1.03. The van der Waals surface area contributed by atoms with Gasteiger partial charge in [0.1, 0.15) is 0 Å². The molecule has 0 amide bonds. The minimum absolute atomic E-state index is 0.315. The Kier molecular flexibility index (Phi) is 3.06. The van der Waals surface area contributed by atoms with Crippen LogP contribution in [0.1, 0.15) is 36.0 Å². The number of carboxylic acid groups (broad SMARTS) is 1. The Morgan fingerprint density at radius 2 is 1.89 bits per heavy atom. The molecule has 0 spiro atoms. The van der Waals surface area contributed by atoms with Crippen LogP contribution in [0.25, 0.3) is 0 Å². The van der Waals surface area contributed by atoms with Crippen molar-refractivity contribution in [2.75, 3.05) is 5.32 Å². The summed E-state index contributed by atoms with van der Waals surface area (Å²) in [6.07, 6.45) is 5.34. The summed E-state index contributed by atoms with van der Waals surface area (Å²) in [5.41, 5.74) is 1.34. The highest BCUT2D eigenvalue weighted by atomic mass is 79.9. The molecule has 0 heterocycles. The molecule has 2 aliphatic carbocycles. The number of hydrogen-bond acceptors (Lipinski definition) is 2. The van der Waals surface area contributed by atoms with Crippen molar-refractivity contribution >= 4 is 27.6 Å². The average molecular weight is 310 g/mol. The van der Waals surface area contributed by atoms with Gasteiger partial charge in [-0.25, -0.2) is 4.79 Å². The Morgan fingerprint density at radius 3 is 2.33 bits per heavy atom. The van der Waals surface area contributed by atoms with Crippen LogP contribution in [0.15, 0.2) is 22.7 Å². The fraction of sp³-hybridized carbons (Fsp3) is 0.500. The van der Waals surface area contributed by atoms with E-state index in [-0.39, 0.29) is 0 Å². The third kappa shape index (κ3) is 2.53. The molecular weight excluding hydrogens is 294 g/mol. The number of aromatic carboxylic acids is 1. The van der Waals surface area contributed by atoms with Crippen molar-refractivity contribution in [1.82, 2.24) is 0 Å². The van der Waals surface area contributed by atoms with E-state index < -0.39 is 5.97 Å². The smallest absolute Gasteiger partial charge is 0.336 e. The van der Waals surface area contributed by atoms with E-state index in [9.17, 15) is 4.79 Å². The number of carbonyl (C=O) groups is 1. The lowest BCUT2D eigenvalue weighted by atomic mass is 10.1. The summed E-state index contributed by atoms with van der Waals surface area (Å²) in [7, 11) is 0. The average Bonchev–Trinajstić information content (AvgIpc) is 3.17. The van der Waals surface area contributed by atoms with Crippen LogP contribution in [0.3, 0.4) is 0 Å². The van der Waals surface area contributed by atoms with Crippen molar-refractivity contribution in [3.8, 4) is 0 Å². The first kappa shape index (κ1) is 12.0. The van der Waals surface area contributed by atoms with Gasteiger partial charge < -0.3 is 10.4 Å². The zero-order chi connectivity index (χ0) is 12.7. The minimum atomic E-state index is -0.894. The van der Waals surface area contributed by atoms with E-state index in [1.807, 2.05) is 12.1 Å². The van der Waals surface area contributed by atoms with Gasteiger partial charge in [-0.15, -0.1) is 0 Å². The fourth-order valence-corrected chi connectivity index (χ4v) is 3.05. The van der Waals surface area contributed by atoms with Gasteiger partial charge >= 0.3 is 5.97 Å². The van der Waals surface area contributed by atoms with Crippen molar-refractivity contribution in [3.63, 3.8) is 0 Å². The fourth-order valence-electron chi connectivity index (χ4n) is 2.50. The van der Waals surface area contributed by atoms with Gasteiger partial charge in [-0.1, -0.05) is 0 Å². The molecule has 0 bridgehead atoms. The quantitative estimate of drug-likeness (QED) is 0.871. The summed E-state index contributed by atoms with van der Waals surface area (Å²) in [5, 5.41) is 12.6. The van der Waals surface area contributed by atoms with E-state index in [2.05, 4.69) is 21.2 Å². The Bertz CT molecular complexity index is 469. The topological polar surface area (TPSA) is 49.3 Å². The lowest BCUT2D eigenvalue weighted by molar-refractivity contribution is 0.0696. The molecule has 96 valence electrons. The van der Waals surface area contributed by atoms with Crippen molar-refractivity contribution < 1.29 is 9.90 Å². The first-order valence-electron chi connectivity index (χ1n) is 6.44. The second kappa shape index (κ2) is 4.57. The van der Waals surface area contributed by atoms with Gasteiger partial charge in [0.25, 0.3) is 0 Å². The van der Waals surface area contributed by atoms with Crippen LogP contribution >= 0.6 is 15.9 Å². The summed E-state index contributed by atoms with van der Waals surface area (Å²) in [4.78, 5) is 10.9. The van der Waals surface area contributed by atoms with Crippen LogP contribution in [-0.4, -0.2) is 17.1 Å². The van der Waals surface area contributed by atoms with Gasteiger partial charge in [0.2, 0.25) is 0 Å². The molecule has 18 heavy (non-hydrogen) atoms. The van der Waals surface area contributed by atoms with E-state index in [1.54, 1.807) is 6.07 Å². The lowest BCUT2D eigenvalue weighted by Crippen LogP contribution is -2.24. The molecule has 2 N–H and O–H groups in total. The van der Waals surface area contributed by atoms with Crippen molar-refractivity contribution in [3.05, 3.63) is 28.2 Å². The maximum atomic E-state index is 10.9. The van der Waals surface area contributed by atoms with E-state index in [0.29, 0.717) is 16.1 Å². The number of hydrogen-bond donors (Lipinski definition) is 2. The molecule has 0 unspecified atom stereocenters. The molecule has 0 aromatic heterocycles. The minimum Gasteiger partial charge on any atom is -0.478 e. The van der Waals surface area contributed by atoms with E-state index >= 15 is 0 Å². The largest absolute Gasteiger partial charge is 0.478 e. The number of carboxylic acids is 1. The molecule has 2 fully saturated rings. The molecule has 3 rings (SSSR count). The first-order valence-corrected chi connectivity index (χ1v) is 7.24. The van der Waals surface area contributed by atoms with Crippen LogP contribution in [0.5, 0.6) is 0 Å². The SMILES string of the molecule is O=C(O)c1ccc(NC(C2CC2)C2CC2)cc1Br. The summed E-state index contributed by atoms with van der Waals surface area (Å²) < 4.78 is 0.644. The molecule has 0 aliphatic heterocycles. The number of rotatable bonds is 5. The highest BCUT2D eigenvalue weighted by Crippen LogP contribution is 2.46. The van der Waals surface area contributed by atoms with Gasteiger partial charge in [-0.3, -0.25) is 0 Å². The molecule has 4 heteroatoms. The summed E-state index contributed by atoms with van der Waals surface area (Å²) in [5.74, 6) is 0.764. The lowest BCUT2D eigenvalue weighted by Gasteiger charge is -2.19. The third-order valence-electron chi connectivity index (χ3n) is 3.79. The van der Waals surface area contributed by atoms with Gasteiger partial charge in [-0.05, 0) is 71.6 Å². The predicted octanol–water partition coefficient (Wildman–Crippen LogP) is 3.75. The number of nitrogens with one attached hydrogen (secondary N) is 1. The summed E-state index contributed by atoms with van der Waals surface area (Å²) in [6, 6.07) is 5.99. The van der Waals surface area contributed by atoms with E-state index in [1.165, 1.54) is 25.7 Å². The van der Waals surface area contributed by atoms with Crippen LogP contribution in [0.4, 0.5) is 5.69 Å². The molecule has 1 aromatic rings. The van der Waals surface area contributed by atoms with Crippen LogP contribution in [0, 0.1) is 11.8 Å². The molecule has 0 atom stereocenters. The van der Waals surface area contributed by atoms with E-state index in [4.69, 9.17) is 5.11 Å². The van der Waals surface area contributed by atoms with Gasteiger partial charge in [0.15, 0.2) is 0 Å². The monoisotopic (exact) mass is 309 g/mol. The molecule has 0 radical (unpaired) electrons.